The Hall–Kier alpha value is -2.06. The molecule has 0 radical (unpaired) electrons. The monoisotopic (exact) mass is 303 g/mol. The summed E-state index contributed by atoms with van der Waals surface area (Å²) in [6, 6.07) is 3.82. The van der Waals surface area contributed by atoms with Crippen molar-refractivity contribution in [3.05, 3.63) is 45.2 Å². The molecule has 0 amide bonds. The van der Waals surface area contributed by atoms with E-state index in [1.807, 2.05) is 6.07 Å². The molecule has 108 valence electrons. The molecular formula is C13H13N5O2S. The molecule has 4 heterocycles. The molecule has 3 aromatic rings. The van der Waals surface area contributed by atoms with Gasteiger partial charge in [0.15, 0.2) is 0 Å². The first-order valence-corrected chi connectivity index (χ1v) is 7.64. The molecule has 1 N–H and O–H groups in total. The van der Waals surface area contributed by atoms with E-state index in [-0.39, 0.29) is 11.6 Å². The van der Waals surface area contributed by atoms with Crippen molar-refractivity contribution in [1.29, 1.82) is 0 Å². The number of furan rings is 1. The summed E-state index contributed by atoms with van der Waals surface area (Å²) in [7, 11) is 0. The van der Waals surface area contributed by atoms with Crippen LogP contribution in [0.25, 0.3) is 4.96 Å². The van der Waals surface area contributed by atoms with Gasteiger partial charge in [0.2, 0.25) is 4.96 Å². The lowest BCUT2D eigenvalue weighted by Crippen LogP contribution is -2.22. The van der Waals surface area contributed by atoms with Crippen molar-refractivity contribution in [2.75, 3.05) is 6.54 Å². The van der Waals surface area contributed by atoms with Gasteiger partial charge < -0.3 is 9.73 Å². The maximum atomic E-state index is 12.4. The Bertz CT molecular complexity index is 817. The van der Waals surface area contributed by atoms with Gasteiger partial charge in [-0.1, -0.05) is 11.3 Å². The van der Waals surface area contributed by atoms with Crippen molar-refractivity contribution in [3.8, 4) is 0 Å². The molecule has 0 aromatic carbocycles. The number of rotatable bonds is 3. The normalized spacial score (nSPS) is 18.6. The van der Waals surface area contributed by atoms with Gasteiger partial charge in [-0.05, 0) is 31.5 Å². The molecular weight excluding hydrogens is 290 g/mol. The van der Waals surface area contributed by atoms with Crippen LogP contribution in [-0.2, 0) is 6.42 Å². The van der Waals surface area contributed by atoms with Crippen LogP contribution >= 0.6 is 11.3 Å². The first-order valence-electron chi connectivity index (χ1n) is 6.82. The van der Waals surface area contributed by atoms with E-state index in [0.29, 0.717) is 22.8 Å². The molecule has 1 atom stereocenters. The summed E-state index contributed by atoms with van der Waals surface area (Å²) in [6.07, 6.45) is 4.08. The Morgan fingerprint density at radius 3 is 3.19 bits per heavy atom. The second-order valence-corrected chi connectivity index (χ2v) is 5.98. The highest BCUT2D eigenvalue weighted by molar-refractivity contribution is 7.16. The van der Waals surface area contributed by atoms with Crippen LogP contribution in [0.2, 0.25) is 0 Å². The Labute approximate surface area is 123 Å². The van der Waals surface area contributed by atoms with Crippen LogP contribution in [0.4, 0.5) is 0 Å². The number of fused-ring (bicyclic) bond motifs is 1. The molecule has 1 fully saturated rings. The van der Waals surface area contributed by atoms with Crippen molar-refractivity contribution in [2.24, 2.45) is 0 Å². The second kappa shape index (κ2) is 5.05. The SMILES string of the molecule is O=c1c(Cc2ccco2)nnc2sc(C3CCCN3)nn12. The summed E-state index contributed by atoms with van der Waals surface area (Å²) in [5.74, 6) is 0.689. The highest BCUT2D eigenvalue weighted by Crippen LogP contribution is 2.25. The number of hydrogen-bond donors (Lipinski definition) is 1. The first-order chi connectivity index (χ1) is 10.3. The predicted octanol–water partition coefficient (Wildman–Crippen LogP) is 1.15. The molecule has 0 aliphatic carbocycles. The molecule has 1 unspecified atom stereocenters. The molecule has 1 aliphatic rings. The summed E-state index contributed by atoms with van der Waals surface area (Å²) in [5.41, 5.74) is 0.121. The fraction of sp³-hybridized carbons (Fsp3) is 0.385. The quantitative estimate of drug-likeness (QED) is 0.781. The van der Waals surface area contributed by atoms with Crippen molar-refractivity contribution < 1.29 is 4.42 Å². The van der Waals surface area contributed by atoms with Crippen LogP contribution < -0.4 is 10.9 Å². The first kappa shape index (κ1) is 12.7. The highest BCUT2D eigenvalue weighted by atomic mass is 32.1. The van der Waals surface area contributed by atoms with E-state index in [0.717, 1.165) is 24.4 Å². The Kier molecular flexibility index (Phi) is 3.04. The lowest BCUT2D eigenvalue weighted by Gasteiger charge is -2.02. The Balaban J connectivity index is 1.74. The number of nitrogens with zero attached hydrogens (tertiary/aromatic N) is 4. The lowest BCUT2D eigenvalue weighted by molar-refractivity contribution is 0.516. The average Bonchev–Trinajstić information content (AvgIpc) is 3.21. The molecule has 4 rings (SSSR count). The van der Waals surface area contributed by atoms with Gasteiger partial charge >= 0.3 is 0 Å². The Morgan fingerprint density at radius 2 is 2.43 bits per heavy atom. The second-order valence-electron chi connectivity index (χ2n) is 4.99. The molecule has 21 heavy (non-hydrogen) atoms. The van der Waals surface area contributed by atoms with E-state index in [1.165, 1.54) is 15.9 Å². The van der Waals surface area contributed by atoms with Crippen LogP contribution in [0.5, 0.6) is 0 Å². The smallest absolute Gasteiger partial charge is 0.297 e. The van der Waals surface area contributed by atoms with Gasteiger partial charge in [-0.25, -0.2) is 0 Å². The topological polar surface area (TPSA) is 85.3 Å². The third-order valence-electron chi connectivity index (χ3n) is 3.55. The summed E-state index contributed by atoms with van der Waals surface area (Å²) >= 11 is 1.42. The van der Waals surface area contributed by atoms with Gasteiger partial charge in [0.1, 0.15) is 16.5 Å². The average molecular weight is 303 g/mol. The van der Waals surface area contributed by atoms with Gasteiger partial charge in [-0.15, -0.1) is 10.2 Å². The van der Waals surface area contributed by atoms with Gasteiger partial charge in [0.25, 0.3) is 5.56 Å². The van der Waals surface area contributed by atoms with Gasteiger partial charge in [-0.2, -0.15) is 9.61 Å². The van der Waals surface area contributed by atoms with Gasteiger partial charge in [-0.3, -0.25) is 4.79 Å². The van der Waals surface area contributed by atoms with Crippen molar-refractivity contribution in [1.82, 2.24) is 25.1 Å². The minimum atomic E-state index is -0.225. The van der Waals surface area contributed by atoms with E-state index in [2.05, 4.69) is 20.6 Å². The minimum Gasteiger partial charge on any atom is -0.469 e. The van der Waals surface area contributed by atoms with E-state index in [1.54, 1.807) is 12.3 Å². The molecule has 3 aromatic heterocycles. The zero-order valence-electron chi connectivity index (χ0n) is 11.2. The van der Waals surface area contributed by atoms with Crippen molar-refractivity contribution >= 4 is 16.3 Å². The van der Waals surface area contributed by atoms with Crippen LogP contribution in [0.3, 0.4) is 0 Å². The molecule has 0 bridgehead atoms. The van der Waals surface area contributed by atoms with Crippen LogP contribution in [0.15, 0.2) is 27.6 Å². The summed E-state index contributed by atoms with van der Waals surface area (Å²) in [5, 5.41) is 16.8. The van der Waals surface area contributed by atoms with E-state index >= 15 is 0 Å². The van der Waals surface area contributed by atoms with E-state index in [4.69, 9.17) is 4.42 Å². The maximum Gasteiger partial charge on any atom is 0.297 e. The predicted molar refractivity (Wildman–Crippen MR) is 76.4 cm³/mol. The van der Waals surface area contributed by atoms with Gasteiger partial charge in [0, 0.05) is 0 Å². The van der Waals surface area contributed by atoms with Gasteiger partial charge in [0.05, 0.1) is 18.7 Å². The standard InChI is InChI=1S/C13H13N5O2S/c19-12-10(7-8-3-2-6-20-8)15-16-13-18(12)17-11(21-13)9-4-1-5-14-9/h2-3,6,9,14H,1,4-5,7H2. The minimum absolute atomic E-state index is 0.225. The largest absolute Gasteiger partial charge is 0.469 e. The van der Waals surface area contributed by atoms with Crippen LogP contribution in [-0.4, -0.2) is 26.4 Å². The van der Waals surface area contributed by atoms with E-state index in [9.17, 15) is 4.79 Å². The maximum absolute atomic E-state index is 12.4. The fourth-order valence-electron chi connectivity index (χ4n) is 2.49. The van der Waals surface area contributed by atoms with E-state index < -0.39 is 0 Å². The zero-order chi connectivity index (χ0) is 14.2. The molecule has 0 spiro atoms. The summed E-state index contributed by atoms with van der Waals surface area (Å²) in [6.45, 7) is 0.991. The molecule has 0 saturated carbocycles. The summed E-state index contributed by atoms with van der Waals surface area (Å²) in [4.78, 5) is 13.0. The van der Waals surface area contributed by atoms with Crippen LogP contribution in [0.1, 0.15) is 35.3 Å². The number of nitrogens with one attached hydrogen (secondary N) is 1. The summed E-state index contributed by atoms with van der Waals surface area (Å²) < 4.78 is 6.60. The van der Waals surface area contributed by atoms with Crippen molar-refractivity contribution in [3.63, 3.8) is 0 Å². The molecule has 7 nitrogen and oxygen atoms in total. The zero-order valence-corrected chi connectivity index (χ0v) is 12.0. The highest BCUT2D eigenvalue weighted by Gasteiger charge is 2.22. The molecule has 1 aliphatic heterocycles. The fourth-order valence-corrected chi connectivity index (χ4v) is 3.43. The third kappa shape index (κ3) is 2.26. The Morgan fingerprint density at radius 1 is 1.48 bits per heavy atom. The number of aromatic nitrogens is 4. The lowest BCUT2D eigenvalue weighted by atomic mass is 10.2. The molecule has 8 heteroatoms. The van der Waals surface area contributed by atoms with Crippen molar-refractivity contribution in [2.45, 2.75) is 25.3 Å². The molecule has 1 saturated heterocycles. The third-order valence-corrected chi connectivity index (χ3v) is 4.56. The van der Waals surface area contributed by atoms with Crippen LogP contribution in [0, 0.1) is 0 Å². The number of hydrogen-bond acceptors (Lipinski definition) is 7.